The zero-order chi connectivity index (χ0) is 19.8. The highest BCUT2D eigenvalue weighted by Crippen LogP contribution is 2.15. The molecule has 0 fully saturated rings. The van der Waals surface area contributed by atoms with E-state index in [9.17, 15) is 4.79 Å². The number of ether oxygens (including phenoxy) is 1. The van der Waals surface area contributed by atoms with Crippen LogP contribution in [-0.2, 0) is 17.9 Å². The molecule has 4 heteroatoms. The third-order valence-corrected chi connectivity index (χ3v) is 4.46. The topological polar surface area (TPSA) is 42.4 Å². The number of benzene rings is 2. The first-order chi connectivity index (χ1) is 13.6. The monoisotopic (exact) mass is 372 g/mol. The molecule has 0 atom stereocenters. The van der Waals surface area contributed by atoms with Crippen molar-refractivity contribution < 1.29 is 9.53 Å². The summed E-state index contributed by atoms with van der Waals surface area (Å²) in [5.74, 6) is 0.740. The summed E-state index contributed by atoms with van der Waals surface area (Å²) < 4.78 is 5.73. The molecule has 0 spiro atoms. The van der Waals surface area contributed by atoms with Gasteiger partial charge in [-0.3, -0.25) is 9.78 Å². The lowest BCUT2D eigenvalue weighted by atomic mass is 10.1. The zero-order valence-electron chi connectivity index (χ0n) is 16.2. The van der Waals surface area contributed by atoms with Crippen LogP contribution in [0.2, 0.25) is 0 Å². The van der Waals surface area contributed by atoms with Crippen LogP contribution in [0.1, 0.15) is 22.4 Å². The number of aromatic nitrogens is 1. The summed E-state index contributed by atoms with van der Waals surface area (Å²) in [6, 6.07) is 21.5. The number of hydrogen-bond donors (Lipinski definition) is 0. The highest BCUT2D eigenvalue weighted by Gasteiger charge is 2.07. The lowest BCUT2D eigenvalue weighted by Crippen LogP contribution is -2.24. The van der Waals surface area contributed by atoms with E-state index in [1.54, 1.807) is 17.2 Å². The largest absolute Gasteiger partial charge is 0.487 e. The molecule has 3 aromatic rings. The summed E-state index contributed by atoms with van der Waals surface area (Å²) in [5, 5.41) is 0. The molecule has 0 N–H and O–H groups in total. The third-order valence-electron chi connectivity index (χ3n) is 4.46. The van der Waals surface area contributed by atoms with Gasteiger partial charge in [-0.15, -0.1) is 0 Å². The van der Waals surface area contributed by atoms with Crippen LogP contribution >= 0.6 is 0 Å². The molecule has 0 saturated carbocycles. The first-order valence-electron chi connectivity index (χ1n) is 9.22. The maximum absolute atomic E-state index is 12.4. The fraction of sp³-hybridized carbons (Fsp3) is 0.167. The number of carbonyl (C=O) groups is 1. The minimum atomic E-state index is -0.0290. The molecule has 142 valence electrons. The van der Waals surface area contributed by atoms with Crippen LogP contribution in [0.15, 0.2) is 79.0 Å². The van der Waals surface area contributed by atoms with Crippen molar-refractivity contribution in [2.24, 2.45) is 0 Å². The Kier molecular flexibility index (Phi) is 6.58. The molecule has 4 nitrogen and oxygen atoms in total. The van der Waals surface area contributed by atoms with Crippen molar-refractivity contribution in [3.05, 3.63) is 101 Å². The minimum Gasteiger partial charge on any atom is -0.487 e. The molecule has 0 aliphatic heterocycles. The number of carbonyl (C=O) groups excluding carboxylic acids is 1. The Morgan fingerprint density at radius 1 is 1.04 bits per heavy atom. The van der Waals surface area contributed by atoms with Crippen molar-refractivity contribution in [1.82, 2.24) is 9.88 Å². The number of pyridine rings is 1. The van der Waals surface area contributed by atoms with Crippen LogP contribution in [0.3, 0.4) is 0 Å². The molecule has 3 rings (SSSR count). The number of nitrogens with zero attached hydrogens (tertiary/aromatic N) is 2. The Labute approximate surface area is 166 Å². The van der Waals surface area contributed by atoms with E-state index in [0.717, 1.165) is 22.6 Å². The minimum absolute atomic E-state index is 0.0290. The van der Waals surface area contributed by atoms with E-state index in [2.05, 4.69) is 18.0 Å². The van der Waals surface area contributed by atoms with Crippen molar-refractivity contribution >= 4 is 12.0 Å². The Hall–Kier alpha value is -3.40. The van der Waals surface area contributed by atoms with Gasteiger partial charge in [0.1, 0.15) is 12.4 Å². The predicted octanol–water partition coefficient (Wildman–Crippen LogP) is 4.64. The smallest absolute Gasteiger partial charge is 0.246 e. The number of rotatable bonds is 7. The second-order valence-electron chi connectivity index (χ2n) is 6.63. The second-order valence-corrected chi connectivity index (χ2v) is 6.63. The molecule has 2 aromatic carbocycles. The average molecular weight is 372 g/mol. The van der Waals surface area contributed by atoms with Gasteiger partial charge < -0.3 is 9.64 Å². The van der Waals surface area contributed by atoms with E-state index in [0.29, 0.717) is 13.2 Å². The molecule has 0 saturated heterocycles. The molecule has 1 amide bonds. The normalized spacial score (nSPS) is 10.8. The summed E-state index contributed by atoms with van der Waals surface area (Å²) in [6.45, 7) is 3.08. The highest BCUT2D eigenvalue weighted by molar-refractivity contribution is 5.91. The standard InChI is InChI=1S/C24H24N2O2/c1-19-7-3-4-8-21(19)17-26(2)24(27)15-12-20-10-13-23(14-11-20)28-18-22-9-5-6-16-25-22/h3-16H,17-18H2,1-2H3/b15-12+. The van der Waals surface area contributed by atoms with Crippen molar-refractivity contribution in [1.29, 1.82) is 0 Å². The number of hydrogen-bond acceptors (Lipinski definition) is 3. The van der Waals surface area contributed by atoms with Crippen LogP contribution in [0.25, 0.3) is 6.08 Å². The summed E-state index contributed by atoms with van der Waals surface area (Å²) in [4.78, 5) is 18.3. The van der Waals surface area contributed by atoms with Crippen LogP contribution in [0.4, 0.5) is 0 Å². The summed E-state index contributed by atoms with van der Waals surface area (Å²) in [7, 11) is 1.81. The first-order valence-corrected chi connectivity index (χ1v) is 9.22. The van der Waals surface area contributed by atoms with Crippen LogP contribution in [0.5, 0.6) is 5.75 Å². The van der Waals surface area contributed by atoms with Gasteiger partial charge in [0.15, 0.2) is 0 Å². The van der Waals surface area contributed by atoms with Gasteiger partial charge in [0.05, 0.1) is 5.69 Å². The first kappa shape index (κ1) is 19.4. The maximum Gasteiger partial charge on any atom is 0.246 e. The van der Waals surface area contributed by atoms with Gasteiger partial charge in [0.2, 0.25) is 5.91 Å². The molecule has 0 radical (unpaired) electrons. The Bertz CT molecular complexity index is 934. The zero-order valence-corrected chi connectivity index (χ0v) is 16.2. The van der Waals surface area contributed by atoms with Gasteiger partial charge in [-0.1, -0.05) is 42.5 Å². The van der Waals surface area contributed by atoms with Crippen LogP contribution in [0, 0.1) is 6.92 Å². The number of aryl methyl sites for hydroxylation is 1. The number of amides is 1. The summed E-state index contributed by atoms with van der Waals surface area (Å²) >= 11 is 0. The summed E-state index contributed by atoms with van der Waals surface area (Å²) in [6.07, 6.45) is 5.17. The second kappa shape index (κ2) is 9.51. The Balaban J connectivity index is 1.53. The van der Waals surface area contributed by atoms with Crippen LogP contribution < -0.4 is 4.74 Å². The quantitative estimate of drug-likeness (QED) is 0.568. The fourth-order valence-corrected chi connectivity index (χ4v) is 2.73. The fourth-order valence-electron chi connectivity index (χ4n) is 2.73. The van der Waals surface area contributed by atoms with Gasteiger partial charge >= 0.3 is 0 Å². The van der Waals surface area contributed by atoms with Crippen molar-refractivity contribution in [2.75, 3.05) is 7.05 Å². The van der Waals surface area contributed by atoms with Crippen LogP contribution in [-0.4, -0.2) is 22.8 Å². The van der Waals surface area contributed by atoms with Gasteiger partial charge in [-0.05, 0) is 54.0 Å². The van der Waals surface area contributed by atoms with Gasteiger partial charge in [-0.2, -0.15) is 0 Å². The van der Waals surface area contributed by atoms with Gasteiger partial charge in [-0.25, -0.2) is 0 Å². The van der Waals surface area contributed by atoms with E-state index in [1.165, 1.54) is 5.56 Å². The molecule has 0 unspecified atom stereocenters. The summed E-state index contributed by atoms with van der Waals surface area (Å²) in [5.41, 5.74) is 4.17. The molecule has 28 heavy (non-hydrogen) atoms. The molecular weight excluding hydrogens is 348 g/mol. The van der Waals surface area contributed by atoms with Crippen molar-refractivity contribution in [2.45, 2.75) is 20.1 Å². The molecule has 0 bridgehead atoms. The predicted molar refractivity (Wildman–Crippen MR) is 112 cm³/mol. The van der Waals surface area contributed by atoms with E-state index in [4.69, 9.17) is 4.74 Å². The Morgan fingerprint density at radius 2 is 1.79 bits per heavy atom. The van der Waals surface area contributed by atoms with E-state index in [-0.39, 0.29) is 5.91 Å². The Morgan fingerprint density at radius 3 is 2.50 bits per heavy atom. The molecule has 0 aliphatic rings. The maximum atomic E-state index is 12.4. The lowest BCUT2D eigenvalue weighted by Gasteiger charge is -2.16. The average Bonchev–Trinajstić information content (AvgIpc) is 2.73. The molecule has 0 aliphatic carbocycles. The van der Waals surface area contributed by atoms with Gasteiger partial charge in [0.25, 0.3) is 0 Å². The molecular formula is C24H24N2O2. The lowest BCUT2D eigenvalue weighted by molar-refractivity contribution is -0.125. The van der Waals surface area contributed by atoms with E-state index >= 15 is 0 Å². The molecule has 1 heterocycles. The highest BCUT2D eigenvalue weighted by atomic mass is 16.5. The van der Waals surface area contributed by atoms with Crippen molar-refractivity contribution in [3.8, 4) is 5.75 Å². The SMILES string of the molecule is Cc1ccccc1CN(C)C(=O)/C=C/c1ccc(OCc2ccccn2)cc1. The van der Waals surface area contributed by atoms with Crippen molar-refractivity contribution in [3.63, 3.8) is 0 Å². The van der Waals surface area contributed by atoms with E-state index in [1.807, 2.05) is 73.8 Å². The van der Waals surface area contributed by atoms with Gasteiger partial charge in [0, 0.05) is 25.9 Å². The number of likely N-dealkylation sites (N-methyl/N-ethyl adjacent to an activating group) is 1. The third kappa shape index (κ3) is 5.55. The molecule has 1 aromatic heterocycles. The van der Waals surface area contributed by atoms with E-state index < -0.39 is 0 Å².